The molecule has 0 bridgehead atoms. The van der Waals surface area contributed by atoms with Crippen molar-refractivity contribution in [3.8, 4) is 0 Å². The number of amides is 1. The van der Waals surface area contributed by atoms with Crippen LogP contribution in [-0.2, 0) is 0 Å². The van der Waals surface area contributed by atoms with E-state index in [1.807, 2.05) is 13.8 Å². The molecule has 5 heteroatoms. The topological polar surface area (TPSA) is 49.3 Å². The first kappa shape index (κ1) is 13.9. The van der Waals surface area contributed by atoms with Gasteiger partial charge < -0.3 is 10.4 Å². The fourth-order valence-electron chi connectivity index (χ4n) is 1.34. The highest BCUT2D eigenvalue weighted by molar-refractivity contribution is 6.31. The summed E-state index contributed by atoms with van der Waals surface area (Å²) < 4.78 is 13.4. The van der Waals surface area contributed by atoms with Crippen molar-refractivity contribution in [2.75, 3.05) is 6.61 Å². The summed E-state index contributed by atoms with van der Waals surface area (Å²) in [5.74, 6) is -1.14. The number of aliphatic hydroxyl groups excluding tert-OH is 1. The van der Waals surface area contributed by atoms with Gasteiger partial charge in [0, 0.05) is 5.02 Å². The molecule has 94 valence electrons. The van der Waals surface area contributed by atoms with Crippen LogP contribution in [-0.4, -0.2) is 23.7 Å². The summed E-state index contributed by atoms with van der Waals surface area (Å²) in [6.45, 7) is 3.52. The monoisotopic (exact) mass is 259 g/mol. The van der Waals surface area contributed by atoms with E-state index in [1.54, 1.807) is 0 Å². The normalized spacial score (nSPS) is 12.6. The molecular weight excluding hydrogens is 245 g/mol. The molecule has 0 saturated heterocycles. The molecule has 0 aromatic heterocycles. The van der Waals surface area contributed by atoms with Gasteiger partial charge in [-0.15, -0.1) is 0 Å². The minimum atomic E-state index is -0.632. The van der Waals surface area contributed by atoms with Crippen molar-refractivity contribution in [1.29, 1.82) is 0 Å². The van der Waals surface area contributed by atoms with Crippen molar-refractivity contribution < 1.29 is 14.3 Å². The molecule has 0 aliphatic rings. The van der Waals surface area contributed by atoms with Gasteiger partial charge in [0.2, 0.25) is 0 Å². The van der Waals surface area contributed by atoms with E-state index in [0.717, 1.165) is 6.07 Å². The predicted molar refractivity (Wildman–Crippen MR) is 64.6 cm³/mol. The number of rotatable bonds is 4. The number of hydrogen-bond acceptors (Lipinski definition) is 2. The number of carbonyl (C=O) groups excluding carboxylic acids is 1. The first-order valence-corrected chi connectivity index (χ1v) is 5.70. The first-order valence-electron chi connectivity index (χ1n) is 5.32. The van der Waals surface area contributed by atoms with Crippen LogP contribution in [0.4, 0.5) is 4.39 Å². The minimum Gasteiger partial charge on any atom is -0.394 e. The lowest BCUT2D eigenvalue weighted by Gasteiger charge is -2.20. The standard InChI is InChI=1S/C12H15ClFNO2/c1-7(2)11(6-16)15-12(17)9-5-8(13)3-4-10(9)14/h3-5,7,11,16H,6H2,1-2H3,(H,15,17)/t11-/m1/s1. The summed E-state index contributed by atoms with van der Waals surface area (Å²) >= 11 is 5.70. The van der Waals surface area contributed by atoms with Gasteiger partial charge in [0.15, 0.2) is 0 Å². The summed E-state index contributed by atoms with van der Waals surface area (Å²) in [6.07, 6.45) is 0. The molecule has 3 nitrogen and oxygen atoms in total. The second-order valence-electron chi connectivity index (χ2n) is 4.13. The van der Waals surface area contributed by atoms with Gasteiger partial charge in [0.25, 0.3) is 5.91 Å². The molecule has 2 N–H and O–H groups in total. The molecule has 1 aromatic carbocycles. The van der Waals surface area contributed by atoms with Gasteiger partial charge in [-0.05, 0) is 24.1 Å². The molecule has 0 heterocycles. The Hall–Kier alpha value is -1.13. The van der Waals surface area contributed by atoms with Crippen LogP contribution in [0.25, 0.3) is 0 Å². The van der Waals surface area contributed by atoms with Gasteiger partial charge in [0.05, 0.1) is 18.2 Å². The van der Waals surface area contributed by atoms with Crippen molar-refractivity contribution in [1.82, 2.24) is 5.32 Å². The second kappa shape index (κ2) is 5.98. The van der Waals surface area contributed by atoms with Crippen LogP contribution in [0.15, 0.2) is 18.2 Å². The van der Waals surface area contributed by atoms with Gasteiger partial charge in [-0.3, -0.25) is 4.79 Å². The van der Waals surface area contributed by atoms with Crippen LogP contribution >= 0.6 is 11.6 Å². The Kier molecular flexibility index (Phi) is 4.90. The van der Waals surface area contributed by atoms with Crippen molar-refractivity contribution in [2.24, 2.45) is 5.92 Å². The quantitative estimate of drug-likeness (QED) is 0.871. The van der Waals surface area contributed by atoms with Crippen molar-refractivity contribution >= 4 is 17.5 Å². The maximum Gasteiger partial charge on any atom is 0.254 e. The Morgan fingerprint density at radius 3 is 2.71 bits per heavy atom. The fraction of sp³-hybridized carbons (Fsp3) is 0.417. The zero-order valence-corrected chi connectivity index (χ0v) is 10.5. The lowest BCUT2D eigenvalue weighted by atomic mass is 10.0. The zero-order chi connectivity index (χ0) is 13.0. The van der Waals surface area contributed by atoms with E-state index in [4.69, 9.17) is 16.7 Å². The highest BCUT2D eigenvalue weighted by Crippen LogP contribution is 2.15. The number of carbonyl (C=O) groups is 1. The molecule has 0 saturated carbocycles. The Bertz CT molecular complexity index is 409. The Labute approximate surface area is 105 Å². The van der Waals surface area contributed by atoms with E-state index in [1.165, 1.54) is 12.1 Å². The largest absolute Gasteiger partial charge is 0.394 e. The van der Waals surface area contributed by atoms with Crippen molar-refractivity contribution in [3.63, 3.8) is 0 Å². The Morgan fingerprint density at radius 2 is 2.18 bits per heavy atom. The highest BCUT2D eigenvalue weighted by Gasteiger charge is 2.18. The van der Waals surface area contributed by atoms with E-state index < -0.39 is 17.8 Å². The molecular formula is C12H15ClFNO2. The number of nitrogens with one attached hydrogen (secondary N) is 1. The summed E-state index contributed by atoms with van der Waals surface area (Å²) in [5, 5.41) is 11.9. The summed E-state index contributed by atoms with van der Waals surface area (Å²) in [4.78, 5) is 11.8. The van der Waals surface area contributed by atoms with Gasteiger partial charge in [-0.1, -0.05) is 25.4 Å². The molecule has 0 fully saturated rings. The fourth-order valence-corrected chi connectivity index (χ4v) is 1.51. The van der Waals surface area contributed by atoms with Crippen LogP contribution in [0.1, 0.15) is 24.2 Å². The first-order chi connectivity index (χ1) is 7.95. The number of aliphatic hydroxyl groups is 1. The van der Waals surface area contributed by atoms with Crippen molar-refractivity contribution in [2.45, 2.75) is 19.9 Å². The summed E-state index contributed by atoms with van der Waals surface area (Å²) in [6, 6.07) is 3.38. The van der Waals surface area contributed by atoms with E-state index in [2.05, 4.69) is 5.32 Å². The number of hydrogen-bond donors (Lipinski definition) is 2. The number of halogens is 2. The van der Waals surface area contributed by atoms with Crippen LogP contribution in [0, 0.1) is 11.7 Å². The Morgan fingerprint density at radius 1 is 1.53 bits per heavy atom. The average Bonchev–Trinajstić information content (AvgIpc) is 2.28. The molecule has 0 aliphatic carbocycles. The SMILES string of the molecule is CC(C)[C@@H](CO)NC(=O)c1cc(Cl)ccc1F. The smallest absolute Gasteiger partial charge is 0.254 e. The maximum absolute atomic E-state index is 13.4. The lowest BCUT2D eigenvalue weighted by molar-refractivity contribution is 0.0892. The average molecular weight is 260 g/mol. The third-order valence-corrected chi connectivity index (χ3v) is 2.73. The van der Waals surface area contributed by atoms with Crippen LogP contribution in [0.5, 0.6) is 0 Å². The van der Waals surface area contributed by atoms with E-state index in [-0.39, 0.29) is 18.1 Å². The van der Waals surface area contributed by atoms with Crippen LogP contribution in [0.2, 0.25) is 5.02 Å². The van der Waals surface area contributed by atoms with Gasteiger partial charge >= 0.3 is 0 Å². The molecule has 17 heavy (non-hydrogen) atoms. The van der Waals surface area contributed by atoms with Crippen molar-refractivity contribution in [3.05, 3.63) is 34.6 Å². The highest BCUT2D eigenvalue weighted by atomic mass is 35.5. The summed E-state index contributed by atoms with van der Waals surface area (Å²) in [5.41, 5.74) is -0.114. The van der Waals surface area contributed by atoms with Crippen LogP contribution < -0.4 is 5.32 Å². The molecule has 1 atom stereocenters. The molecule has 1 amide bonds. The molecule has 1 aromatic rings. The molecule has 1 rings (SSSR count). The van der Waals surface area contributed by atoms with Gasteiger partial charge in [-0.25, -0.2) is 4.39 Å². The van der Waals surface area contributed by atoms with Gasteiger partial charge in [0.1, 0.15) is 5.82 Å². The van der Waals surface area contributed by atoms with Gasteiger partial charge in [-0.2, -0.15) is 0 Å². The maximum atomic E-state index is 13.4. The predicted octanol–water partition coefficient (Wildman–Crippen LogP) is 2.23. The number of benzene rings is 1. The molecule has 0 radical (unpaired) electrons. The third-order valence-electron chi connectivity index (χ3n) is 2.49. The molecule has 0 unspecified atom stereocenters. The van der Waals surface area contributed by atoms with Crippen LogP contribution in [0.3, 0.4) is 0 Å². The minimum absolute atomic E-state index is 0.0613. The second-order valence-corrected chi connectivity index (χ2v) is 4.57. The van der Waals surface area contributed by atoms with E-state index in [0.29, 0.717) is 5.02 Å². The zero-order valence-electron chi connectivity index (χ0n) is 9.71. The lowest BCUT2D eigenvalue weighted by Crippen LogP contribution is -2.41. The summed E-state index contributed by atoms with van der Waals surface area (Å²) in [7, 11) is 0. The Balaban J connectivity index is 2.86. The molecule has 0 aliphatic heterocycles. The third kappa shape index (κ3) is 3.68. The van der Waals surface area contributed by atoms with E-state index in [9.17, 15) is 9.18 Å². The van der Waals surface area contributed by atoms with E-state index >= 15 is 0 Å². The molecule has 0 spiro atoms.